The van der Waals surface area contributed by atoms with Gasteiger partial charge in [-0.25, -0.2) is 8.42 Å². The first-order valence-corrected chi connectivity index (χ1v) is 13.5. The Balaban J connectivity index is 1.29. The Morgan fingerprint density at radius 3 is 2.18 bits per heavy atom. The molecule has 4 rings (SSSR count). The maximum absolute atomic E-state index is 13.2. The molecule has 2 aliphatic rings. The van der Waals surface area contributed by atoms with E-state index in [-0.39, 0.29) is 5.91 Å². The van der Waals surface area contributed by atoms with Crippen LogP contribution in [-0.4, -0.2) is 62.8 Å². The number of hydrogen-bond acceptors (Lipinski definition) is 4. The van der Waals surface area contributed by atoms with Gasteiger partial charge in [0.25, 0.3) is 0 Å². The highest BCUT2D eigenvalue weighted by Gasteiger charge is 2.42. The number of benzene rings is 2. The van der Waals surface area contributed by atoms with Crippen LogP contribution in [0.25, 0.3) is 0 Å². The van der Waals surface area contributed by atoms with Gasteiger partial charge in [0.2, 0.25) is 15.9 Å². The summed E-state index contributed by atoms with van der Waals surface area (Å²) in [5, 5.41) is 3.83. The molecule has 1 aliphatic carbocycles. The third-order valence-corrected chi connectivity index (χ3v) is 9.16. The number of hydrogen-bond donors (Lipinski definition) is 1. The van der Waals surface area contributed by atoms with Crippen molar-refractivity contribution in [1.29, 1.82) is 0 Å². The van der Waals surface area contributed by atoms with E-state index in [4.69, 9.17) is 11.6 Å². The molecule has 1 aliphatic heterocycles. The van der Waals surface area contributed by atoms with Crippen LogP contribution in [0.5, 0.6) is 0 Å². The highest BCUT2D eigenvalue weighted by Crippen LogP contribution is 2.41. The van der Waals surface area contributed by atoms with Gasteiger partial charge in [0.15, 0.2) is 0 Å². The van der Waals surface area contributed by atoms with Gasteiger partial charge in [0.1, 0.15) is 0 Å². The van der Waals surface area contributed by atoms with Gasteiger partial charge in [0.05, 0.1) is 10.3 Å². The number of amides is 1. The fraction of sp³-hybridized carbons (Fsp3) is 0.480. The van der Waals surface area contributed by atoms with Gasteiger partial charge in [-0.05, 0) is 49.6 Å². The lowest BCUT2D eigenvalue weighted by atomic mass is 9.78. The van der Waals surface area contributed by atoms with E-state index in [0.29, 0.717) is 49.2 Å². The highest BCUT2D eigenvalue weighted by atomic mass is 35.5. The predicted molar refractivity (Wildman–Crippen MR) is 131 cm³/mol. The number of carbonyl (C=O) groups excluding carboxylic acids is 1. The van der Waals surface area contributed by atoms with Crippen molar-refractivity contribution >= 4 is 27.5 Å². The lowest BCUT2D eigenvalue weighted by molar-refractivity contribution is -0.126. The van der Waals surface area contributed by atoms with Gasteiger partial charge in [-0.1, -0.05) is 54.3 Å². The van der Waals surface area contributed by atoms with Crippen molar-refractivity contribution in [3.63, 3.8) is 0 Å². The number of nitrogens with zero attached hydrogens (tertiary/aromatic N) is 2. The molecule has 1 heterocycles. The zero-order chi connectivity index (χ0) is 23.5. The third kappa shape index (κ3) is 5.27. The van der Waals surface area contributed by atoms with E-state index in [9.17, 15) is 13.2 Å². The molecule has 0 aromatic heterocycles. The monoisotopic (exact) mass is 489 g/mol. The van der Waals surface area contributed by atoms with Gasteiger partial charge in [-0.3, -0.25) is 9.69 Å². The highest BCUT2D eigenvalue weighted by molar-refractivity contribution is 7.89. The molecule has 2 aromatic rings. The number of sulfonamides is 1. The molecule has 1 amide bonds. The number of halogens is 1. The second-order valence-electron chi connectivity index (χ2n) is 9.11. The minimum atomic E-state index is -3.46. The van der Waals surface area contributed by atoms with Crippen molar-refractivity contribution < 1.29 is 13.2 Å². The van der Waals surface area contributed by atoms with Crippen molar-refractivity contribution in [2.45, 2.75) is 42.9 Å². The molecule has 1 saturated carbocycles. The minimum absolute atomic E-state index is 0.0860. The lowest BCUT2D eigenvalue weighted by Crippen LogP contribution is -2.51. The zero-order valence-electron chi connectivity index (χ0n) is 19.1. The summed E-state index contributed by atoms with van der Waals surface area (Å²) in [6, 6.07) is 14.7. The summed E-state index contributed by atoms with van der Waals surface area (Å²) in [7, 11) is -3.46. The van der Waals surface area contributed by atoms with Crippen molar-refractivity contribution in [2.75, 3.05) is 39.3 Å². The topological polar surface area (TPSA) is 69.7 Å². The normalized spacial score (nSPS) is 19.5. The minimum Gasteiger partial charge on any atom is -0.354 e. The van der Waals surface area contributed by atoms with E-state index in [1.165, 1.54) is 0 Å². The van der Waals surface area contributed by atoms with Crippen molar-refractivity contribution in [3.05, 3.63) is 64.7 Å². The van der Waals surface area contributed by atoms with Gasteiger partial charge >= 0.3 is 0 Å². The molecule has 1 N–H and O–H groups in total. The van der Waals surface area contributed by atoms with E-state index in [0.717, 1.165) is 36.8 Å². The first-order chi connectivity index (χ1) is 15.8. The van der Waals surface area contributed by atoms with Crippen LogP contribution in [0.4, 0.5) is 0 Å². The van der Waals surface area contributed by atoms with Crippen LogP contribution in [-0.2, 0) is 20.2 Å². The Kier molecular flexibility index (Phi) is 7.43. The van der Waals surface area contributed by atoms with E-state index < -0.39 is 15.4 Å². The maximum Gasteiger partial charge on any atom is 0.243 e. The molecule has 1 saturated heterocycles. The quantitative estimate of drug-likeness (QED) is 0.645. The largest absolute Gasteiger partial charge is 0.354 e. The average Bonchev–Trinajstić information content (AvgIpc) is 3.31. The molecule has 178 valence electrons. The first kappa shape index (κ1) is 24.2. The molecule has 33 heavy (non-hydrogen) atoms. The van der Waals surface area contributed by atoms with Crippen LogP contribution >= 0.6 is 11.6 Å². The SMILES string of the molecule is Cc1ccc(S(=O)(=O)N2CCN(CCNC(=O)C3(c4ccc(Cl)cc4)CCCC3)CC2)cc1. The smallest absolute Gasteiger partial charge is 0.243 e. The average molecular weight is 490 g/mol. The number of aryl methyl sites for hydroxylation is 1. The summed E-state index contributed by atoms with van der Waals surface area (Å²) in [5.41, 5.74) is 1.61. The maximum atomic E-state index is 13.2. The van der Waals surface area contributed by atoms with Gasteiger partial charge in [-0.15, -0.1) is 0 Å². The Morgan fingerprint density at radius 2 is 1.58 bits per heavy atom. The summed E-state index contributed by atoms with van der Waals surface area (Å²) in [5.74, 6) is 0.0860. The Hall–Kier alpha value is -1.93. The first-order valence-electron chi connectivity index (χ1n) is 11.6. The summed E-state index contributed by atoms with van der Waals surface area (Å²) < 4.78 is 27.3. The molecule has 0 radical (unpaired) electrons. The van der Waals surface area contributed by atoms with Gasteiger partial charge < -0.3 is 5.32 Å². The fourth-order valence-corrected chi connectivity index (χ4v) is 6.49. The molecule has 0 unspecified atom stereocenters. The van der Waals surface area contributed by atoms with Crippen LogP contribution in [0.3, 0.4) is 0 Å². The second-order valence-corrected chi connectivity index (χ2v) is 11.5. The molecule has 6 nitrogen and oxygen atoms in total. The van der Waals surface area contributed by atoms with Crippen molar-refractivity contribution in [2.24, 2.45) is 0 Å². The van der Waals surface area contributed by atoms with Crippen LogP contribution in [0.15, 0.2) is 53.4 Å². The Morgan fingerprint density at radius 1 is 0.970 bits per heavy atom. The van der Waals surface area contributed by atoms with Crippen LogP contribution in [0.1, 0.15) is 36.8 Å². The zero-order valence-corrected chi connectivity index (χ0v) is 20.7. The van der Waals surface area contributed by atoms with Crippen LogP contribution in [0, 0.1) is 6.92 Å². The standard InChI is InChI=1S/C25H32ClN3O3S/c1-20-4-10-23(11-5-20)33(31,32)29-18-16-28(17-19-29)15-14-27-24(30)25(12-2-3-13-25)21-6-8-22(26)9-7-21/h4-11H,2-3,12-19H2,1H3,(H,27,30). The second kappa shape index (κ2) is 10.1. The van der Waals surface area contributed by atoms with E-state index in [1.54, 1.807) is 16.4 Å². The molecule has 2 aromatic carbocycles. The van der Waals surface area contributed by atoms with Crippen molar-refractivity contribution in [1.82, 2.24) is 14.5 Å². The van der Waals surface area contributed by atoms with Crippen LogP contribution < -0.4 is 5.32 Å². The van der Waals surface area contributed by atoms with Gasteiger partial charge in [0, 0.05) is 44.3 Å². The Bertz CT molecular complexity index is 1060. The molecular formula is C25H32ClN3O3S. The molecule has 2 fully saturated rings. The third-order valence-electron chi connectivity index (χ3n) is 6.99. The summed E-state index contributed by atoms with van der Waals surface area (Å²) in [6.07, 6.45) is 3.81. The predicted octanol–water partition coefficient (Wildman–Crippen LogP) is 3.58. The van der Waals surface area contributed by atoms with Crippen LogP contribution in [0.2, 0.25) is 5.02 Å². The Labute approximate surface area is 202 Å². The molecular weight excluding hydrogens is 458 g/mol. The summed E-state index contributed by atoms with van der Waals surface area (Å²) in [6.45, 7) is 5.43. The molecule has 0 bridgehead atoms. The number of carbonyl (C=O) groups is 1. The fourth-order valence-electron chi connectivity index (χ4n) is 4.94. The number of nitrogens with one attached hydrogen (secondary N) is 1. The van der Waals surface area contributed by atoms with E-state index in [2.05, 4.69) is 10.2 Å². The molecule has 8 heteroatoms. The van der Waals surface area contributed by atoms with E-state index >= 15 is 0 Å². The number of piperazine rings is 1. The molecule has 0 atom stereocenters. The van der Waals surface area contributed by atoms with Crippen molar-refractivity contribution in [3.8, 4) is 0 Å². The molecule has 0 spiro atoms. The summed E-state index contributed by atoms with van der Waals surface area (Å²) >= 11 is 6.05. The lowest BCUT2D eigenvalue weighted by Gasteiger charge is -2.34. The summed E-state index contributed by atoms with van der Waals surface area (Å²) in [4.78, 5) is 15.8. The number of rotatable bonds is 7. The van der Waals surface area contributed by atoms with E-state index in [1.807, 2.05) is 43.3 Å². The van der Waals surface area contributed by atoms with Gasteiger partial charge in [-0.2, -0.15) is 4.31 Å².